The van der Waals surface area contributed by atoms with Gasteiger partial charge in [-0.3, -0.25) is 9.20 Å². The molecule has 4 N–H and O–H groups in total. The van der Waals surface area contributed by atoms with Crippen molar-refractivity contribution in [1.82, 2.24) is 24.3 Å². The van der Waals surface area contributed by atoms with E-state index in [1.54, 1.807) is 12.1 Å². The minimum atomic E-state index is -0.555. The lowest BCUT2D eigenvalue weighted by molar-refractivity contribution is 0.618. The highest BCUT2D eigenvalue weighted by Gasteiger charge is 2.20. The summed E-state index contributed by atoms with van der Waals surface area (Å²) in [6, 6.07) is 9.79. The van der Waals surface area contributed by atoms with E-state index in [1.165, 1.54) is 41.1 Å². The smallest absolute Gasteiger partial charge is 0.263 e. The molecule has 160 valence electrons. The van der Waals surface area contributed by atoms with Gasteiger partial charge in [0.2, 0.25) is 5.95 Å². The maximum Gasteiger partial charge on any atom is 0.263 e. The standard InChI is InChI=1S/C22H17F2N7O/c1-11(28-20-18-19(27-10-26-18)29-22(25)30-20)16-8-15-6-5-14(24)9-31(15)21(32)17(16)12-3-2-4-13(23)7-12/h2-11H,1H3,(H4,25,26,27,28,29,30). The van der Waals surface area contributed by atoms with Crippen molar-refractivity contribution in [2.75, 3.05) is 11.1 Å². The number of halogens is 2. The molecule has 1 unspecified atom stereocenters. The van der Waals surface area contributed by atoms with Crippen LogP contribution < -0.4 is 16.6 Å². The summed E-state index contributed by atoms with van der Waals surface area (Å²) in [5, 5.41) is 3.23. The number of fused-ring (bicyclic) bond motifs is 2. The lowest BCUT2D eigenvalue weighted by atomic mass is 9.96. The summed E-state index contributed by atoms with van der Waals surface area (Å²) in [6.07, 6.45) is 2.59. The molecule has 0 amide bonds. The number of anilines is 2. The molecule has 0 aliphatic carbocycles. The topological polar surface area (TPSA) is 114 Å². The van der Waals surface area contributed by atoms with Crippen LogP contribution in [0.25, 0.3) is 27.8 Å². The van der Waals surface area contributed by atoms with Crippen molar-refractivity contribution in [3.8, 4) is 11.1 Å². The first-order chi connectivity index (χ1) is 15.4. The maximum atomic E-state index is 14.0. The Labute approximate surface area is 179 Å². The van der Waals surface area contributed by atoms with Gasteiger partial charge >= 0.3 is 0 Å². The fourth-order valence-electron chi connectivity index (χ4n) is 3.77. The van der Waals surface area contributed by atoms with Crippen molar-refractivity contribution < 1.29 is 8.78 Å². The summed E-state index contributed by atoms with van der Waals surface area (Å²) in [5.74, 6) is -0.609. The second-order valence-corrected chi connectivity index (χ2v) is 7.33. The Morgan fingerprint density at radius 2 is 1.97 bits per heavy atom. The average molecular weight is 433 g/mol. The molecule has 10 heteroatoms. The van der Waals surface area contributed by atoms with Crippen molar-refractivity contribution >= 4 is 28.4 Å². The number of nitrogens with one attached hydrogen (secondary N) is 2. The molecule has 1 atom stereocenters. The number of benzene rings is 1. The number of nitrogen functional groups attached to an aromatic ring is 1. The largest absolute Gasteiger partial charge is 0.368 e. The third-order valence-electron chi connectivity index (χ3n) is 5.20. The van der Waals surface area contributed by atoms with E-state index in [0.29, 0.717) is 33.6 Å². The number of imidazole rings is 1. The number of nitrogens with zero attached hydrogens (tertiary/aromatic N) is 4. The number of pyridine rings is 2. The number of H-pyrrole nitrogens is 1. The quantitative estimate of drug-likeness (QED) is 0.399. The summed E-state index contributed by atoms with van der Waals surface area (Å²) >= 11 is 0. The lowest BCUT2D eigenvalue weighted by Gasteiger charge is -2.20. The molecule has 1 aromatic carbocycles. The van der Waals surface area contributed by atoms with Crippen LogP contribution in [0.3, 0.4) is 0 Å². The molecule has 4 aromatic heterocycles. The van der Waals surface area contributed by atoms with E-state index in [9.17, 15) is 13.6 Å². The van der Waals surface area contributed by atoms with E-state index in [4.69, 9.17) is 5.73 Å². The van der Waals surface area contributed by atoms with Gasteiger partial charge in [-0.1, -0.05) is 12.1 Å². The normalized spacial score (nSPS) is 12.3. The van der Waals surface area contributed by atoms with Gasteiger partial charge < -0.3 is 16.0 Å². The molecular formula is C22H17F2N7O. The van der Waals surface area contributed by atoms with Gasteiger partial charge in [0.1, 0.15) is 17.2 Å². The first-order valence-electron chi connectivity index (χ1n) is 9.74. The number of nitrogens with two attached hydrogens (primary N) is 1. The van der Waals surface area contributed by atoms with Gasteiger partial charge in [-0.05, 0) is 48.4 Å². The van der Waals surface area contributed by atoms with Crippen LogP contribution in [0.2, 0.25) is 0 Å². The Bertz CT molecular complexity index is 1540. The van der Waals surface area contributed by atoms with Crippen LogP contribution in [0, 0.1) is 11.6 Å². The van der Waals surface area contributed by atoms with Gasteiger partial charge in [0, 0.05) is 11.7 Å². The summed E-state index contributed by atoms with van der Waals surface area (Å²) < 4.78 is 29.1. The van der Waals surface area contributed by atoms with Crippen LogP contribution in [0.15, 0.2) is 59.8 Å². The fraction of sp³-hybridized carbons (Fsp3) is 0.0909. The van der Waals surface area contributed by atoms with Gasteiger partial charge in [0.15, 0.2) is 11.5 Å². The Hall–Kier alpha value is -4.34. The Morgan fingerprint density at radius 1 is 1.12 bits per heavy atom. The third kappa shape index (κ3) is 3.31. The predicted octanol–water partition coefficient (Wildman–Crippen LogP) is 3.67. The molecule has 0 radical (unpaired) electrons. The van der Waals surface area contributed by atoms with E-state index in [2.05, 4.69) is 25.3 Å². The zero-order valence-electron chi connectivity index (χ0n) is 16.8. The first kappa shape index (κ1) is 19.6. The van der Waals surface area contributed by atoms with Crippen LogP contribution in [-0.2, 0) is 0 Å². The van der Waals surface area contributed by atoms with Crippen molar-refractivity contribution in [3.63, 3.8) is 0 Å². The number of hydrogen-bond acceptors (Lipinski definition) is 6. The molecule has 8 nitrogen and oxygen atoms in total. The third-order valence-corrected chi connectivity index (χ3v) is 5.20. The van der Waals surface area contributed by atoms with Crippen molar-refractivity contribution in [2.45, 2.75) is 13.0 Å². The van der Waals surface area contributed by atoms with E-state index in [1.807, 2.05) is 6.92 Å². The number of hydrogen-bond donors (Lipinski definition) is 3. The van der Waals surface area contributed by atoms with Gasteiger partial charge in [0.25, 0.3) is 5.56 Å². The molecule has 0 saturated carbocycles. The first-order valence-corrected chi connectivity index (χ1v) is 9.74. The highest BCUT2D eigenvalue weighted by Crippen LogP contribution is 2.30. The number of aromatic nitrogens is 5. The average Bonchev–Trinajstić information content (AvgIpc) is 3.22. The Balaban J connectivity index is 1.71. The van der Waals surface area contributed by atoms with Crippen molar-refractivity contribution in [1.29, 1.82) is 0 Å². The van der Waals surface area contributed by atoms with Gasteiger partial charge in [0.05, 0.1) is 17.9 Å². The Morgan fingerprint density at radius 3 is 2.78 bits per heavy atom. The van der Waals surface area contributed by atoms with Crippen LogP contribution in [0.4, 0.5) is 20.5 Å². The summed E-state index contributed by atoms with van der Waals surface area (Å²) in [7, 11) is 0. The van der Waals surface area contributed by atoms with E-state index < -0.39 is 23.2 Å². The summed E-state index contributed by atoms with van der Waals surface area (Å²) in [5.41, 5.74) is 7.98. The molecule has 32 heavy (non-hydrogen) atoms. The fourth-order valence-corrected chi connectivity index (χ4v) is 3.77. The molecular weight excluding hydrogens is 416 g/mol. The SMILES string of the molecule is CC(Nc1nc(N)nc2[nH]cnc12)c1cc2ccc(F)cn2c(=O)c1-c1cccc(F)c1. The second kappa shape index (κ2) is 7.41. The molecule has 0 spiro atoms. The predicted molar refractivity (Wildman–Crippen MR) is 117 cm³/mol. The maximum absolute atomic E-state index is 14.0. The molecule has 0 saturated heterocycles. The minimum Gasteiger partial charge on any atom is -0.368 e. The summed E-state index contributed by atoms with van der Waals surface area (Å²) in [4.78, 5) is 28.8. The number of rotatable bonds is 4. The van der Waals surface area contributed by atoms with Crippen LogP contribution in [0.5, 0.6) is 0 Å². The summed E-state index contributed by atoms with van der Waals surface area (Å²) in [6.45, 7) is 1.83. The van der Waals surface area contributed by atoms with Crippen LogP contribution >= 0.6 is 0 Å². The van der Waals surface area contributed by atoms with Gasteiger partial charge in [-0.2, -0.15) is 9.97 Å². The van der Waals surface area contributed by atoms with E-state index in [-0.39, 0.29) is 11.5 Å². The van der Waals surface area contributed by atoms with Gasteiger partial charge in [-0.25, -0.2) is 13.8 Å². The highest BCUT2D eigenvalue weighted by atomic mass is 19.1. The molecule has 0 aliphatic rings. The molecule has 5 aromatic rings. The van der Waals surface area contributed by atoms with E-state index >= 15 is 0 Å². The van der Waals surface area contributed by atoms with Crippen molar-refractivity contribution in [3.05, 3.63) is 82.5 Å². The number of aromatic amines is 1. The van der Waals surface area contributed by atoms with Crippen LogP contribution in [-0.4, -0.2) is 24.3 Å². The van der Waals surface area contributed by atoms with Crippen molar-refractivity contribution in [2.24, 2.45) is 0 Å². The molecule has 5 rings (SSSR count). The molecule has 0 bridgehead atoms. The Kier molecular flexibility index (Phi) is 4.54. The zero-order chi connectivity index (χ0) is 22.4. The van der Waals surface area contributed by atoms with Gasteiger partial charge in [-0.15, -0.1) is 0 Å². The van der Waals surface area contributed by atoms with Crippen LogP contribution in [0.1, 0.15) is 18.5 Å². The zero-order valence-corrected chi connectivity index (χ0v) is 16.8. The molecule has 0 fully saturated rings. The lowest BCUT2D eigenvalue weighted by Crippen LogP contribution is -2.21. The molecule has 4 heterocycles. The monoisotopic (exact) mass is 433 g/mol. The van der Waals surface area contributed by atoms with E-state index in [0.717, 1.165) is 6.20 Å². The highest BCUT2D eigenvalue weighted by molar-refractivity contribution is 5.84. The minimum absolute atomic E-state index is 0.0517. The molecule has 0 aliphatic heterocycles. The second-order valence-electron chi connectivity index (χ2n) is 7.33.